The van der Waals surface area contributed by atoms with Crippen LogP contribution in [0.25, 0.3) is 0 Å². The monoisotopic (exact) mass is 252 g/mol. The molecule has 4 nitrogen and oxygen atoms in total. The molecule has 0 aliphatic carbocycles. The number of aliphatic hydroxyl groups excluding tert-OH is 1. The third kappa shape index (κ3) is 3.34. The van der Waals surface area contributed by atoms with Gasteiger partial charge in [-0.05, 0) is 44.6 Å². The highest BCUT2D eigenvalue weighted by Crippen LogP contribution is 2.30. The molecule has 1 unspecified atom stereocenters. The Kier molecular flexibility index (Phi) is 4.10. The van der Waals surface area contributed by atoms with Gasteiger partial charge in [-0.15, -0.1) is 0 Å². The summed E-state index contributed by atoms with van der Waals surface area (Å²) in [6.07, 6.45) is 1.26. The van der Waals surface area contributed by atoms with Crippen molar-refractivity contribution in [3.8, 4) is 0 Å². The maximum Gasteiger partial charge on any atom is 0.129 e. The highest BCUT2D eigenvalue weighted by Gasteiger charge is 2.32. The lowest BCUT2D eigenvalue weighted by Gasteiger charge is -2.29. The van der Waals surface area contributed by atoms with Crippen molar-refractivity contribution in [3.05, 3.63) is 23.7 Å². The van der Waals surface area contributed by atoms with Gasteiger partial charge in [0.05, 0.1) is 6.54 Å². The Morgan fingerprint density at radius 3 is 2.72 bits per heavy atom. The summed E-state index contributed by atoms with van der Waals surface area (Å²) in [6.45, 7) is 6.57. The molecule has 1 aromatic rings. The largest absolute Gasteiger partial charge is 0.462 e. The molecule has 0 spiro atoms. The van der Waals surface area contributed by atoms with Gasteiger partial charge < -0.3 is 14.4 Å². The zero-order valence-corrected chi connectivity index (χ0v) is 11.6. The van der Waals surface area contributed by atoms with Gasteiger partial charge in [-0.1, -0.05) is 6.92 Å². The predicted molar refractivity (Wildman–Crippen MR) is 71.2 cm³/mol. The van der Waals surface area contributed by atoms with Gasteiger partial charge in [-0.3, -0.25) is 4.90 Å². The summed E-state index contributed by atoms with van der Waals surface area (Å²) < 4.78 is 5.52. The number of likely N-dealkylation sites (tertiary alicyclic amines) is 1. The van der Waals surface area contributed by atoms with Gasteiger partial charge in [0, 0.05) is 13.1 Å². The van der Waals surface area contributed by atoms with E-state index in [0.717, 1.165) is 25.4 Å². The van der Waals surface area contributed by atoms with Crippen LogP contribution in [0, 0.1) is 5.41 Å². The minimum atomic E-state index is -0.0216. The molecular formula is C14H24N2O2. The third-order valence-electron chi connectivity index (χ3n) is 3.70. The van der Waals surface area contributed by atoms with Crippen LogP contribution in [0.2, 0.25) is 0 Å². The smallest absolute Gasteiger partial charge is 0.129 e. The van der Waals surface area contributed by atoms with Gasteiger partial charge in [0.15, 0.2) is 0 Å². The average Bonchev–Trinajstić information content (AvgIpc) is 2.85. The summed E-state index contributed by atoms with van der Waals surface area (Å²) in [7, 11) is 4.32. The highest BCUT2D eigenvalue weighted by molar-refractivity contribution is 5.06. The molecule has 2 rings (SSSR count). The summed E-state index contributed by atoms with van der Waals surface area (Å²) >= 11 is 0. The van der Waals surface area contributed by atoms with Crippen LogP contribution in [-0.4, -0.2) is 48.6 Å². The lowest BCUT2D eigenvalue weighted by atomic mass is 9.89. The van der Waals surface area contributed by atoms with Gasteiger partial charge >= 0.3 is 0 Å². The molecule has 0 amide bonds. The van der Waals surface area contributed by atoms with Gasteiger partial charge in [-0.2, -0.15) is 0 Å². The van der Waals surface area contributed by atoms with Crippen LogP contribution in [0.4, 0.5) is 0 Å². The average molecular weight is 252 g/mol. The van der Waals surface area contributed by atoms with E-state index in [2.05, 4.69) is 30.8 Å². The van der Waals surface area contributed by atoms with Crippen LogP contribution < -0.4 is 0 Å². The Bertz CT molecular complexity index is 391. The Hall–Kier alpha value is -0.840. The van der Waals surface area contributed by atoms with E-state index < -0.39 is 0 Å². The maximum absolute atomic E-state index is 8.97. The van der Waals surface area contributed by atoms with Crippen molar-refractivity contribution >= 4 is 0 Å². The highest BCUT2D eigenvalue weighted by atomic mass is 16.4. The van der Waals surface area contributed by atoms with Crippen LogP contribution in [0.5, 0.6) is 0 Å². The zero-order valence-electron chi connectivity index (χ0n) is 11.6. The molecule has 0 saturated carbocycles. The first kappa shape index (κ1) is 13.6. The molecule has 102 valence electrons. The summed E-state index contributed by atoms with van der Waals surface area (Å²) in [4.78, 5) is 4.70. The molecule has 1 aliphatic heterocycles. The molecule has 4 heteroatoms. The van der Waals surface area contributed by atoms with Crippen LogP contribution in [0.1, 0.15) is 24.9 Å². The van der Waals surface area contributed by atoms with E-state index in [1.165, 1.54) is 13.0 Å². The molecule has 1 aromatic heterocycles. The fourth-order valence-corrected chi connectivity index (χ4v) is 2.97. The molecule has 0 radical (unpaired) electrons. The number of hydrogen-bond donors (Lipinski definition) is 1. The number of nitrogens with zero attached hydrogens (tertiary/aromatic N) is 2. The van der Waals surface area contributed by atoms with Crippen molar-refractivity contribution in [3.63, 3.8) is 0 Å². The van der Waals surface area contributed by atoms with E-state index in [1.54, 1.807) is 0 Å². The number of aliphatic hydroxyl groups is 1. The van der Waals surface area contributed by atoms with E-state index in [4.69, 9.17) is 9.52 Å². The Morgan fingerprint density at radius 2 is 2.17 bits per heavy atom. The molecule has 1 atom stereocenters. The van der Waals surface area contributed by atoms with Crippen molar-refractivity contribution < 1.29 is 9.52 Å². The first-order valence-electron chi connectivity index (χ1n) is 6.56. The van der Waals surface area contributed by atoms with E-state index in [9.17, 15) is 0 Å². The Labute approximate surface area is 109 Å². The maximum atomic E-state index is 8.97. The second-order valence-electron chi connectivity index (χ2n) is 6.00. The fourth-order valence-electron chi connectivity index (χ4n) is 2.97. The number of rotatable bonds is 5. The van der Waals surface area contributed by atoms with Crippen molar-refractivity contribution in [2.75, 3.05) is 33.7 Å². The summed E-state index contributed by atoms with van der Waals surface area (Å²) in [5, 5.41) is 8.97. The van der Waals surface area contributed by atoms with Gasteiger partial charge in [0.25, 0.3) is 0 Å². The van der Waals surface area contributed by atoms with E-state index in [0.29, 0.717) is 11.2 Å². The molecule has 18 heavy (non-hydrogen) atoms. The second kappa shape index (κ2) is 5.43. The van der Waals surface area contributed by atoms with E-state index in [1.807, 2.05) is 12.1 Å². The minimum absolute atomic E-state index is 0.0216. The first-order chi connectivity index (χ1) is 8.50. The Balaban J connectivity index is 1.86. The minimum Gasteiger partial charge on any atom is -0.462 e. The van der Waals surface area contributed by atoms with Crippen molar-refractivity contribution in [2.45, 2.75) is 26.5 Å². The number of hydrogen-bond acceptors (Lipinski definition) is 4. The lowest BCUT2D eigenvalue weighted by Crippen LogP contribution is -2.35. The quantitative estimate of drug-likeness (QED) is 0.863. The first-order valence-corrected chi connectivity index (χ1v) is 6.56. The second-order valence-corrected chi connectivity index (χ2v) is 6.00. The standard InChI is InChI=1S/C14H24N2O2/c1-14(6-7-15(2)10-14)11-16(3)8-12-4-5-13(9-17)18-12/h4-5,17H,6-11H2,1-3H3. The van der Waals surface area contributed by atoms with Gasteiger partial charge in [0.1, 0.15) is 18.1 Å². The third-order valence-corrected chi connectivity index (χ3v) is 3.70. The van der Waals surface area contributed by atoms with E-state index >= 15 is 0 Å². The predicted octanol–water partition coefficient (Wildman–Crippen LogP) is 1.55. The molecule has 1 fully saturated rings. The summed E-state index contributed by atoms with van der Waals surface area (Å²) in [5.41, 5.74) is 0.385. The Morgan fingerprint density at radius 1 is 1.44 bits per heavy atom. The molecule has 0 bridgehead atoms. The lowest BCUT2D eigenvalue weighted by molar-refractivity contribution is 0.176. The van der Waals surface area contributed by atoms with Crippen LogP contribution in [-0.2, 0) is 13.2 Å². The van der Waals surface area contributed by atoms with Crippen LogP contribution in [0.3, 0.4) is 0 Å². The SMILES string of the molecule is CN1CCC(C)(CN(C)Cc2ccc(CO)o2)C1. The number of furan rings is 1. The topological polar surface area (TPSA) is 39.9 Å². The zero-order chi connectivity index (χ0) is 13.2. The van der Waals surface area contributed by atoms with Crippen molar-refractivity contribution in [1.29, 1.82) is 0 Å². The van der Waals surface area contributed by atoms with Crippen LogP contribution >= 0.6 is 0 Å². The summed E-state index contributed by atoms with van der Waals surface area (Å²) in [6, 6.07) is 3.79. The molecule has 1 aliphatic rings. The van der Waals surface area contributed by atoms with Crippen molar-refractivity contribution in [1.82, 2.24) is 9.80 Å². The van der Waals surface area contributed by atoms with Gasteiger partial charge in [-0.25, -0.2) is 0 Å². The fraction of sp³-hybridized carbons (Fsp3) is 0.714. The van der Waals surface area contributed by atoms with Gasteiger partial charge in [0.2, 0.25) is 0 Å². The van der Waals surface area contributed by atoms with E-state index in [-0.39, 0.29) is 6.61 Å². The van der Waals surface area contributed by atoms with Crippen molar-refractivity contribution in [2.24, 2.45) is 5.41 Å². The molecule has 2 heterocycles. The normalized spacial score (nSPS) is 25.2. The molecule has 1 N–H and O–H groups in total. The summed E-state index contributed by atoms with van der Waals surface area (Å²) in [5.74, 6) is 1.57. The van der Waals surface area contributed by atoms with Crippen LogP contribution in [0.15, 0.2) is 16.5 Å². The molecule has 0 aromatic carbocycles. The molecule has 1 saturated heterocycles. The molecular weight excluding hydrogens is 228 g/mol.